The normalized spacial score (nSPS) is 10.8. The maximum atomic E-state index is 6.01. The molecule has 2 N–H and O–H groups in total. The van der Waals surface area contributed by atoms with Crippen molar-refractivity contribution in [2.24, 2.45) is 4.99 Å². The van der Waals surface area contributed by atoms with Crippen LogP contribution in [0, 0.1) is 0 Å². The van der Waals surface area contributed by atoms with Crippen LogP contribution < -0.4 is 20.1 Å². The Kier molecular flexibility index (Phi) is 12.3. The van der Waals surface area contributed by atoms with Gasteiger partial charge < -0.3 is 24.8 Å². The molecule has 0 fully saturated rings. The standard InChI is InChI=1S/C19H25ClN4O3.HI/c1-21-19(23-10-13-27-18-17(20)8-4-9-22-18)24-15-6-3-7-16(14-15)26-12-5-11-25-2;/h3-4,6-9,14H,5,10-13H2,1-2H3,(H2,21,23,24);1H. The number of aromatic nitrogens is 1. The molecule has 7 nitrogen and oxygen atoms in total. The van der Waals surface area contributed by atoms with E-state index in [-0.39, 0.29) is 24.0 Å². The van der Waals surface area contributed by atoms with Crippen LogP contribution in [0.2, 0.25) is 5.02 Å². The first-order valence-electron chi connectivity index (χ1n) is 8.65. The number of nitrogens with one attached hydrogen (secondary N) is 2. The molecule has 28 heavy (non-hydrogen) atoms. The summed E-state index contributed by atoms with van der Waals surface area (Å²) in [5, 5.41) is 6.88. The zero-order chi connectivity index (χ0) is 19.3. The highest BCUT2D eigenvalue weighted by atomic mass is 127. The molecule has 1 aromatic heterocycles. The largest absolute Gasteiger partial charge is 0.493 e. The van der Waals surface area contributed by atoms with E-state index in [0.717, 1.165) is 17.9 Å². The van der Waals surface area contributed by atoms with Crippen LogP contribution in [0.4, 0.5) is 5.69 Å². The molecule has 0 saturated carbocycles. The van der Waals surface area contributed by atoms with Crippen molar-refractivity contribution in [1.29, 1.82) is 0 Å². The highest BCUT2D eigenvalue weighted by Gasteiger charge is 2.03. The van der Waals surface area contributed by atoms with E-state index in [1.807, 2.05) is 24.3 Å². The second-order valence-electron chi connectivity index (χ2n) is 5.49. The van der Waals surface area contributed by atoms with Crippen LogP contribution in [-0.2, 0) is 4.74 Å². The van der Waals surface area contributed by atoms with Gasteiger partial charge in [0.05, 0.1) is 13.2 Å². The van der Waals surface area contributed by atoms with Crippen molar-refractivity contribution in [2.45, 2.75) is 6.42 Å². The minimum atomic E-state index is 0. The summed E-state index contributed by atoms with van der Waals surface area (Å²) in [6, 6.07) is 11.2. The summed E-state index contributed by atoms with van der Waals surface area (Å²) < 4.78 is 16.3. The molecule has 2 aromatic rings. The van der Waals surface area contributed by atoms with E-state index in [1.54, 1.807) is 32.5 Å². The summed E-state index contributed by atoms with van der Waals surface area (Å²) in [7, 11) is 3.38. The van der Waals surface area contributed by atoms with E-state index in [2.05, 4.69) is 20.6 Å². The molecular formula is C19H26ClIN4O3. The minimum Gasteiger partial charge on any atom is -0.493 e. The fourth-order valence-electron chi connectivity index (χ4n) is 2.17. The second kappa shape index (κ2) is 14.3. The molecule has 1 heterocycles. The predicted molar refractivity (Wildman–Crippen MR) is 124 cm³/mol. The third-order valence-corrected chi connectivity index (χ3v) is 3.73. The van der Waals surface area contributed by atoms with Gasteiger partial charge in [-0.25, -0.2) is 4.98 Å². The summed E-state index contributed by atoms with van der Waals surface area (Å²) in [6.07, 6.45) is 2.48. The smallest absolute Gasteiger partial charge is 0.232 e. The third kappa shape index (κ3) is 8.94. The van der Waals surface area contributed by atoms with Crippen LogP contribution in [0.1, 0.15) is 6.42 Å². The Balaban J connectivity index is 0.00000392. The lowest BCUT2D eigenvalue weighted by Gasteiger charge is -2.13. The molecule has 2 rings (SSSR count). The van der Waals surface area contributed by atoms with Crippen molar-refractivity contribution < 1.29 is 14.2 Å². The van der Waals surface area contributed by atoms with E-state index in [1.165, 1.54) is 0 Å². The Labute approximate surface area is 187 Å². The maximum absolute atomic E-state index is 6.01. The zero-order valence-electron chi connectivity index (χ0n) is 16.0. The van der Waals surface area contributed by atoms with Gasteiger partial charge in [0.2, 0.25) is 5.88 Å². The Bertz CT molecular complexity index is 734. The number of rotatable bonds is 10. The Morgan fingerprint density at radius 1 is 1.14 bits per heavy atom. The van der Waals surface area contributed by atoms with Gasteiger partial charge in [-0.3, -0.25) is 4.99 Å². The number of methoxy groups -OCH3 is 1. The topological polar surface area (TPSA) is 77.0 Å². The highest BCUT2D eigenvalue weighted by Crippen LogP contribution is 2.19. The number of benzene rings is 1. The number of hydrogen-bond donors (Lipinski definition) is 2. The lowest BCUT2D eigenvalue weighted by molar-refractivity contribution is 0.172. The first-order chi connectivity index (χ1) is 13.2. The van der Waals surface area contributed by atoms with Gasteiger partial charge in [0.1, 0.15) is 17.4 Å². The molecule has 0 bridgehead atoms. The fourth-order valence-corrected chi connectivity index (χ4v) is 2.34. The van der Waals surface area contributed by atoms with E-state index in [9.17, 15) is 0 Å². The SMILES string of the molecule is CN=C(NCCOc1ncccc1Cl)Nc1cccc(OCCCOC)c1.I. The Morgan fingerprint density at radius 2 is 2.00 bits per heavy atom. The number of hydrogen-bond acceptors (Lipinski definition) is 5. The number of anilines is 1. The van der Waals surface area contributed by atoms with Crippen molar-refractivity contribution in [2.75, 3.05) is 45.8 Å². The van der Waals surface area contributed by atoms with Crippen LogP contribution in [0.25, 0.3) is 0 Å². The van der Waals surface area contributed by atoms with E-state index in [0.29, 0.717) is 43.2 Å². The van der Waals surface area contributed by atoms with Gasteiger partial charge in [-0.2, -0.15) is 0 Å². The number of guanidine groups is 1. The summed E-state index contributed by atoms with van der Waals surface area (Å²) in [4.78, 5) is 8.28. The molecule has 9 heteroatoms. The van der Waals surface area contributed by atoms with Gasteiger partial charge in [-0.05, 0) is 24.3 Å². The van der Waals surface area contributed by atoms with Crippen LogP contribution >= 0.6 is 35.6 Å². The molecule has 0 aliphatic rings. The summed E-state index contributed by atoms with van der Waals surface area (Å²) >= 11 is 6.01. The van der Waals surface area contributed by atoms with Gasteiger partial charge >= 0.3 is 0 Å². The average Bonchev–Trinajstić information content (AvgIpc) is 2.69. The summed E-state index contributed by atoms with van der Waals surface area (Å²) in [5.74, 6) is 1.84. The minimum absolute atomic E-state index is 0. The van der Waals surface area contributed by atoms with Gasteiger partial charge in [-0.15, -0.1) is 24.0 Å². The first kappa shape index (κ1) is 24.3. The number of ether oxygens (including phenoxy) is 3. The quantitative estimate of drug-likeness (QED) is 0.215. The molecule has 0 atom stereocenters. The van der Waals surface area contributed by atoms with Crippen molar-refractivity contribution in [3.05, 3.63) is 47.6 Å². The molecule has 154 valence electrons. The number of nitrogens with zero attached hydrogens (tertiary/aromatic N) is 2. The Morgan fingerprint density at radius 3 is 2.75 bits per heavy atom. The second-order valence-corrected chi connectivity index (χ2v) is 5.89. The molecule has 0 aliphatic heterocycles. The lowest BCUT2D eigenvalue weighted by Crippen LogP contribution is -2.33. The van der Waals surface area contributed by atoms with Gasteiger partial charge in [0, 0.05) is 45.1 Å². The van der Waals surface area contributed by atoms with Crippen LogP contribution in [0.15, 0.2) is 47.6 Å². The fraction of sp³-hybridized carbons (Fsp3) is 0.368. The molecule has 0 saturated heterocycles. The molecule has 0 radical (unpaired) electrons. The van der Waals surface area contributed by atoms with Crippen molar-refractivity contribution in [3.63, 3.8) is 0 Å². The molecule has 0 amide bonds. The van der Waals surface area contributed by atoms with Crippen LogP contribution in [0.5, 0.6) is 11.6 Å². The van der Waals surface area contributed by atoms with Crippen molar-refractivity contribution in [3.8, 4) is 11.6 Å². The third-order valence-electron chi connectivity index (χ3n) is 3.44. The number of pyridine rings is 1. The number of aliphatic imine (C=N–C) groups is 1. The predicted octanol–water partition coefficient (Wildman–Crippen LogP) is 3.83. The van der Waals surface area contributed by atoms with E-state index >= 15 is 0 Å². The zero-order valence-corrected chi connectivity index (χ0v) is 19.1. The first-order valence-corrected chi connectivity index (χ1v) is 9.03. The van der Waals surface area contributed by atoms with Crippen molar-refractivity contribution >= 4 is 47.2 Å². The summed E-state index contributed by atoms with van der Waals surface area (Å²) in [5.41, 5.74) is 0.876. The van der Waals surface area contributed by atoms with Crippen LogP contribution in [-0.4, -0.2) is 51.5 Å². The molecule has 0 unspecified atom stereocenters. The number of halogens is 2. The maximum Gasteiger partial charge on any atom is 0.232 e. The van der Waals surface area contributed by atoms with Gasteiger partial charge in [0.15, 0.2) is 5.96 Å². The molecule has 0 aliphatic carbocycles. The van der Waals surface area contributed by atoms with E-state index in [4.69, 9.17) is 25.8 Å². The van der Waals surface area contributed by atoms with Gasteiger partial charge in [-0.1, -0.05) is 17.7 Å². The molecule has 0 spiro atoms. The molecule has 1 aromatic carbocycles. The summed E-state index contributed by atoms with van der Waals surface area (Å²) in [6.45, 7) is 2.23. The highest BCUT2D eigenvalue weighted by molar-refractivity contribution is 14.0. The Hall–Kier alpha value is -1.78. The molecular weight excluding hydrogens is 495 g/mol. The average molecular weight is 521 g/mol. The van der Waals surface area contributed by atoms with Crippen LogP contribution in [0.3, 0.4) is 0 Å². The monoisotopic (exact) mass is 520 g/mol. The van der Waals surface area contributed by atoms with E-state index < -0.39 is 0 Å². The van der Waals surface area contributed by atoms with Gasteiger partial charge in [0.25, 0.3) is 0 Å². The lowest BCUT2D eigenvalue weighted by atomic mass is 10.3. The van der Waals surface area contributed by atoms with Crippen molar-refractivity contribution in [1.82, 2.24) is 10.3 Å².